The summed E-state index contributed by atoms with van der Waals surface area (Å²) in [6.45, 7) is 8.08. The molecule has 6 aliphatic rings. The number of rotatable bonds is 1. The number of anilines is 1. The lowest BCUT2D eigenvalue weighted by molar-refractivity contribution is -0.175. The van der Waals surface area contributed by atoms with Gasteiger partial charge in [0.05, 0.1) is 11.1 Å². The van der Waals surface area contributed by atoms with Crippen LogP contribution in [-0.2, 0) is 25.4 Å². The summed E-state index contributed by atoms with van der Waals surface area (Å²) in [5.41, 5.74) is -2.46. The Hall–Kier alpha value is -2.87. The highest BCUT2D eigenvalue weighted by molar-refractivity contribution is 6.15. The van der Waals surface area contributed by atoms with E-state index < -0.39 is 27.5 Å². The fraction of sp³-hybridized carbons (Fsp3) is 0.577. The third kappa shape index (κ3) is 1.90. The maximum absolute atomic E-state index is 13.9. The van der Waals surface area contributed by atoms with Crippen molar-refractivity contribution in [1.29, 1.82) is 0 Å². The van der Waals surface area contributed by atoms with E-state index in [2.05, 4.69) is 24.5 Å². The van der Waals surface area contributed by atoms with E-state index in [-0.39, 0.29) is 30.1 Å². The summed E-state index contributed by atoms with van der Waals surface area (Å²) in [6, 6.07) is 5.55. The number of nitrogens with one attached hydrogen (secondary N) is 2. The van der Waals surface area contributed by atoms with E-state index in [1.807, 2.05) is 12.1 Å². The van der Waals surface area contributed by atoms with Gasteiger partial charge in [0.15, 0.2) is 0 Å². The number of fused-ring (bicyclic) bond motifs is 5. The summed E-state index contributed by atoms with van der Waals surface area (Å²) >= 11 is 0. The zero-order valence-electron chi connectivity index (χ0n) is 19.9. The average Bonchev–Trinajstić information content (AvgIpc) is 3.47. The van der Waals surface area contributed by atoms with Crippen LogP contribution in [0.1, 0.15) is 64.7 Å². The number of nitrogens with zero attached hydrogens (tertiary/aromatic N) is 1. The number of furan rings is 1. The Balaban J connectivity index is 1.45. The number of aliphatic hydroxyl groups is 1. The first-order valence-electron chi connectivity index (χ1n) is 12.1. The molecule has 0 radical (unpaired) electrons. The Morgan fingerprint density at radius 1 is 1.18 bits per heavy atom. The topological polar surface area (TPSA) is 112 Å². The molecule has 8 rings (SSSR count). The minimum atomic E-state index is -1.16. The first-order chi connectivity index (χ1) is 15.9. The third-order valence-corrected chi connectivity index (χ3v) is 9.92. The number of piperidine rings is 2. The maximum atomic E-state index is 13.9. The molecule has 1 aromatic heterocycles. The third-order valence-electron chi connectivity index (χ3n) is 9.92. The van der Waals surface area contributed by atoms with Gasteiger partial charge < -0.3 is 25.1 Å². The number of hydrogen-bond donors (Lipinski definition) is 3. The van der Waals surface area contributed by atoms with Gasteiger partial charge >= 0.3 is 0 Å². The van der Waals surface area contributed by atoms with E-state index in [0.717, 1.165) is 17.4 Å². The minimum Gasteiger partial charge on any atom is -0.458 e. The lowest BCUT2D eigenvalue weighted by Gasteiger charge is -2.59. The van der Waals surface area contributed by atoms with Crippen molar-refractivity contribution in [1.82, 2.24) is 10.2 Å². The second kappa shape index (κ2) is 5.51. The number of carbonyl (C=O) groups is 3. The van der Waals surface area contributed by atoms with Crippen LogP contribution in [0.4, 0.5) is 5.69 Å². The quantitative estimate of drug-likeness (QED) is 0.602. The molecule has 3 amide bonds. The highest BCUT2D eigenvalue weighted by Crippen LogP contribution is 2.70. The van der Waals surface area contributed by atoms with Crippen LogP contribution >= 0.6 is 0 Å². The van der Waals surface area contributed by atoms with Gasteiger partial charge in [-0.25, -0.2) is 0 Å². The molecule has 4 saturated heterocycles. The Labute approximate surface area is 197 Å². The molecule has 8 nitrogen and oxygen atoms in total. The van der Waals surface area contributed by atoms with Crippen LogP contribution in [0.3, 0.4) is 0 Å². The summed E-state index contributed by atoms with van der Waals surface area (Å²) < 4.78 is 5.90. The largest absolute Gasteiger partial charge is 0.458 e. The van der Waals surface area contributed by atoms with Crippen molar-refractivity contribution < 1.29 is 23.9 Å². The summed E-state index contributed by atoms with van der Waals surface area (Å²) in [5.74, 6) is 0.0409. The van der Waals surface area contributed by atoms with Crippen molar-refractivity contribution >= 4 is 34.4 Å². The Morgan fingerprint density at radius 2 is 1.94 bits per heavy atom. The molecule has 5 fully saturated rings. The second-order valence-electron chi connectivity index (χ2n) is 12.1. The first kappa shape index (κ1) is 20.5. The van der Waals surface area contributed by atoms with Gasteiger partial charge in [0.25, 0.3) is 0 Å². The molecule has 3 N–H and O–H groups in total. The van der Waals surface area contributed by atoms with E-state index in [1.54, 1.807) is 24.8 Å². The molecule has 0 unspecified atom stereocenters. The van der Waals surface area contributed by atoms with Crippen molar-refractivity contribution in [3.8, 4) is 0 Å². The summed E-state index contributed by atoms with van der Waals surface area (Å²) in [5, 5.41) is 17.5. The predicted octanol–water partition coefficient (Wildman–Crippen LogP) is 2.53. The van der Waals surface area contributed by atoms with Crippen LogP contribution in [0.25, 0.3) is 11.0 Å². The Kier molecular flexibility index (Phi) is 3.32. The molecule has 1 aromatic carbocycles. The molecule has 6 heterocycles. The van der Waals surface area contributed by atoms with Gasteiger partial charge in [0.2, 0.25) is 17.7 Å². The van der Waals surface area contributed by atoms with Gasteiger partial charge in [-0.1, -0.05) is 19.9 Å². The highest BCUT2D eigenvalue weighted by atomic mass is 16.4. The standard InChI is InChI=1S/C26H29N3O5/c1-22(2)16-11-24-8-5-9-29(24)21(32)26(16,28-19(24)30)12-25(22)14-6-7-15-13(18(14)27-20(25)31)10-17(34-15)23(3,4)33/h6-7,10,16,33H,5,8-9,11-12H2,1-4H3,(H,27,31)(H,28,30)/t16-,24+,25+,26+/m1/s1. The lowest BCUT2D eigenvalue weighted by atomic mass is 9.57. The molecule has 34 heavy (non-hydrogen) atoms. The van der Waals surface area contributed by atoms with Crippen molar-refractivity contribution in [2.45, 2.75) is 75.5 Å². The van der Waals surface area contributed by atoms with Crippen LogP contribution in [0.5, 0.6) is 0 Å². The van der Waals surface area contributed by atoms with Crippen molar-refractivity contribution in [2.24, 2.45) is 11.3 Å². The lowest BCUT2D eigenvalue weighted by Crippen LogP contribution is -2.81. The fourth-order valence-electron chi connectivity index (χ4n) is 8.20. The van der Waals surface area contributed by atoms with Crippen LogP contribution in [0, 0.1) is 11.3 Å². The van der Waals surface area contributed by atoms with Crippen molar-refractivity contribution in [3.63, 3.8) is 0 Å². The van der Waals surface area contributed by atoms with Gasteiger partial charge in [-0.15, -0.1) is 0 Å². The van der Waals surface area contributed by atoms with Crippen LogP contribution in [0.2, 0.25) is 0 Å². The van der Waals surface area contributed by atoms with E-state index in [0.29, 0.717) is 36.4 Å². The molecular formula is C26H29N3O5. The zero-order chi connectivity index (χ0) is 24.1. The minimum absolute atomic E-state index is 0.0271. The first-order valence-corrected chi connectivity index (χ1v) is 12.1. The molecule has 2 aromatic rings. The van der Waals surface area contributed by atoms with E-state index in [1.165, 1.54) is 0 Å². The van der Waals surface area contributed by atoms with Crippen molar-refractivity contribution in [3.05, 3.63) is 29.5 Å². The molecule has 4 atom stereocenters. The van der Waals surface area contributed by atoms with Crippen LogP contribution < -0.4 is 10.6 Å². The molecule has 8 heteroatoms. The van der Waals surface area contributed by atoms with E-state index >= 15 is 0 Å². The number of piperazine rings is 1. The normalized spacial score (nSPS) is 37.3. The number of carbonyl (C=O) groups excluding carboxylic acids is 3. The predicted molar refractivity (Wildman–Crippen MR) is 123 cm³/mol. The van der Waals surface area contributed by atoms with E-state index in [9.17, 15) is 19.5 Å². The molecule has 3 spiro atoms. The SMILES string of the molecule is CC(C)(O)c1cc2c3c(ccc2o1)[C@@]1(C[C@@]24NC(=O)[C@]5(CCCN5C2=O)C[C@@H]4C1(C)C)C(=O)N3. The Morgan fingerprint density at radius 3 is 2.68 bits per heavy atom. The van der Waals surface area contributed by atoms with Crippen LogP contribution in [-0.4, -0.2) is 45.4 Å². The molecule has 2 bridgehead atoms. The van der Waals surface area contributed by atoms with E-state index in [4.69, 9.17) is 4.42 Å². The van der Waals surface area contributed by atoms with Gasteiger partial charge in [-0.3, -0.25) is 14.4 Å². The molecule has 1 aliphatic carbocycles. The maximum Gasteiger partial charge on any atom is 0.249 e. The Bertz CT molecular complexity index is 1350. The summed E-state index contributed by atoms with van der Waals surface area (Å²) in [6.07, 6.45) is 2.35. The van der Waals surface area contributed by atoms with Crippen molar-refractivity contribution in [2.75, 3.05) is 11.9 Å². The molecular weight excluding hydrogens is 434 g/mol. The van der Waals surface area contributed by atoms with Gasteiger partial charge in [-0.2, -0.15) is 0 Å². The smallest absolute Gasteiger partial charge is 0.249 e. The van der Waals surface area contributed by atoms with Crippen LogP contribution in [0.15, 0.2) is 22.6 Å². The van der Waals surface area contributed by atoms with Gasteiger partial charge in [-0.05, 0) is 62.6 Å². The molecule has 5 aliphatic heterocycles. The highest BCUT2D eigenvalue weighted by Gasteiger charge is 2.80. The molecule has 178 valence electrons. The van der Waals surface area contributed by atoms with Gasteiger partial charge in [0, 0.05) is 17.8 Å². The fourth-order valence-corrected chi connectivity index (χ4v) is 8.20. The zero-order valence-corrected chi connectivity index (χ0v) is 19.9. The second-order valence-corrected chi connectivity index (χ2v) is 12.1. The van der Waals surface area contributed by atoms with Gasteiger partial charge in [0.1, 0.15) is 28.0 Å². The number of amides is 3. The summed E-state index contributed by atoms with van der Waals surface area (Å²) in [7, 11) is 0. The number of benzene rings is 1. The number of hydrogen-bond acceptors (Lipinski definition) is 5. The molecule has 1 saturated carbocycles. The monoisotopic (exact) mass is 463 g/mol. The average molecular weight is 464 g/mol. The summed E-state index contributed by atoms with van der Waals surface area (Å²) in [4.78, 5) is 43.0.